The molecule has 27 heavy (non-hydrogen) atoms. The number of hydrogen-bond donors (Lipinski definition) is 0. The zero-order valence-electron chi connectivity index (χ0n) is 15.3. The van der Waals surface area contributed by atoms with E-state index in [0.717, 1.165) is 33.6 Å². The van der Waals surface area contributed by atoms with Crippen molar-refractivity contribution < 1.29 is 0 Å². The predicted molar refractivity (Wildman–Crippen MR) is 111 cm³/mol. The number of para-hydroxylation sites is 1. The van der Waals surface area contributed by atoms with Crippen molar-refractivity contribution in [2.45, 2.75) is 13.8 Å². The monoisotopic (exact) mass is 349 g/mol. The molecule has 0 aliphatic heterocycles. The molecule has 0 aliphatic rings. The summed E-state index contributed by atoms with van der Waals surface area (Å²) in [6, 6.07) is 25.2. The van der Waals surface area contributed by atoms with E-state index in [1.807, 2.05) is 0 Å². The summed E-state index contributed by atoms with van der Waals surface area (Å²) in [5, 5.41) is 2.26. The first-order valence-electron chi connectivity index (χ1n) is 9.11. The molecule has 0 N–H and O–H groups in total. The summed E-state index contributed by atoms with van der Waals surface area (Å²) in [6.45, 7) is 4.18. The molecule has 0 atom stereocenters. The topological polar surface area (TPSA) is 30.7 Å². The molecule has 0 aliphatic carbocycles. The lowest BCUT2D eigenvalue weighted by Crippen LogP contribution is -2.02. The van der Waals surface area contributed by atoms with E-state index in [9.17, 15) is 0 Å². The van der Waals surface area contributed by atoms with Crippen LogP contribution in [0.1, 0.15) is 11.1 Å². The quantitative estimate of drug-likeness (QED) is 0.400. The highest BCUT2D eigenvalue weighted by atomic mass is 15.1. The molecular weight excluding hydrogens is 330 g/mol. The minimum atomic E-state index is 0.751. The second-order valence-corrected chi connectivity index (χ2v) is 7.00. The second kappa shape index (κ2) is 6.06. The highest BCUT2D eigenvalue weighted by Crippen LogP contribution is 2.28. The molecule has 2 heterocycles. The van der Waals surface area contributed by atoms with Crippen molar-refractivity contribution in [3.05, 3.63) is 90.1 Å². The highest BCUT2D eigenvalue weighted by Gasteiger charge is 2.13. The van der Waals surface area contributed by atoms with Crippen molar-refractivity contribution in [2.24, 2.45) is 0 Å². The van der Waals surface area contributed by atoms with Crippen molar-refractivity contribution in [1.29, 1.82) is 0 Å². The number of nitrogens with zero attached hydrogens (tertiary/aromatic N) is 3. The molecule has 0 radical (unpaired) electrons. The first-order valence-corrected chi connectivity index (χ1v) is 9.11. The maximum absolute atomic E-state index is 4.97. The summed E-state index contributed by atoms with van der Waals surface area (Å²) in [4.78, 5) is 9.84. The van der Waals surface area contributed by atoms with E-state index in [4.69, 9.17) is 9.97 Å². The molecule has 5 aromatic rings. The largest absolute Gasteiger partial charge is 0.301 e. The van der Waals surface area contributed by atoms with Gasteiger partial charge in [0, 0.05) is 17.1 Å². The van der Waals surface area contributed by atoms with Gasteiger partial charge < -0.3 is 4.57 Å². The Bertz CT molecular complexity index is 1280. The van der Waals surface area contributed by atoms with Crippen LogP contribution in [0.25, 0.3) is 39.0 Å². The maximum Gasteiger partial charge on any atom is 0.162 e. The Morgan fingerprint density at radius 2 is 1.52 bits per heavy atom. The molecule has 5 rings (SSSR count). The molecule has 0 amide bonds. The van der Waals surface area contributed by atoms with Gasteiger partial charge in [0.15, 0.2) is 5.82 Å². The Hall–Kier alpha value is -3.46. The van der Waals surface area contributed by atoms with E-state index in [0.29, 0.717) is 0 Å². The van der Waals surface area contributed by atoms with Gasteiger partial charge in [0.2, 0.25) is 0 Å². The lowest BCUT2D eigenvalue weighted by atomic mass is 10.1. The number of fused-ring (bicyclic) bond motifs is 2. The third-order valence-electron chi connectivity index (χ3n) is 4.97. The molecule has 130 valence electrons. The Balaban J connectivity index is 1.83. The summed E-state index contributed by atoms with van der Waals surface area (Å²) in [7, 11) is 0. The van der Waals surface area contributed by atoms with E-state index in [1.54, 1.807) is 0 Å². The number of aryl methyl sites for hydroxylation is 2. The molecule has 0 fully saturated rings. The lowest BCUT2D eigenvalue weighted by molar-refractivity contribution is 1.04. The van der Waals surface area contributed by atoms with Gasteiger partial charge in [-0.25, -0.2) is 9.97 Å². The van der Waals surface area contributed by atoms with Crippen LogP contribution in [0.2, 0.25) is 0 Å². The van der Waals surface area contributed by atoms with Gasteiger partial charge in [-0.1, -0.05) is 54.1 Å². The van der Waals surface area contributed by atoms with Crippen LogP contribution in [0.3, 0.4) is 0 Å². The van der Waals surface area contributed by atoms with Gasteiger partial charge >= 0.3 is 0 Å². The van der Waals surface area contributed by atoms with E-state index in [2.05, 4.69) is 97.4 Å². The summed E-state index contributed by atoms with van der Waals surface area (Å²) in [6.07, 6.45) is 2.09. The summed E-state index contributed by atoms with van der Waals surface area (Å²) in [5.74, 6) is 1.66. The second-order valence-electron chi connectivity index (χ2n) is 7.00. The van der Waals surface area contributed by atoms with E-state index in [1.165, 1.54) is 16.5 Å². The summed E-state index contributed by atoms with van der Waals surface area (Å²) < 4.78 is 2.16. The van der Waals surface area contributed by atoms with Crippen LogP contribution in [0.5, 0.6) is 0 Å². The van der Waals surface area contributed by atoms with Crippen molar-refractivity contribution in [3.8, 4) is 17.2 Å². The molecule has 0 unspecified atom stereocenters. The lowest BCUT2D eigenvalue weighted by Gasteiger charge is -2.12. The minimum Gasteiger partial charge on any atom is -0.301 e. The number of rotatable bonds is 2. The van der Waals surface area contributed by atoms with Crippen molar-refractivity contribution in [3.63, 3.8) is 0 Å². The third-order valence-corrected chi connectivity index (χ3v) is 4.97. The van der Waals surface area contributed by atoms with Gasteiger partial charge in [-0.15, -0.1) is 0 Å². The van der Waals surface area contributed by atoms with Crippen LogP contribution in [0.4, 0.5) is 0 Å². The molecule has 0 bridgehead atoms. The molecule has 3 aromatic carbocycles. The summed E-state index contributed by atoms with van der Waals surface area (Å²) in [5.41, 5.74) is 5.56. The maximum atomic E-state index is 4.97. The van der Waals surface area contributed by atoms with Gasteiger partial charge in [0.1, 0.15) is 5.82 Å². The zero-order chi connectivity index (χ0) is 18.4. The number of hydrogen-bond acceptors (Lipinski definition) is 2. The van der Waals surface area contributed by atoms with Gasteiger partial charge in [-0.3, -0.25) is 0 Å². The van der Waals surface area contributed by atoms with E-state index < -0.39 is 0 Å². The van der Waals surface area contributed by atoms with Crippen LogP contribution < -0.4 is 0 Å². The van der Waals surface area contributed by atoms with Crippen molar-refractivity contribution >= 4 is 21.8 Å². The van der Waals surface area contributed by atoms with Gasteiger partial charge in [0.25, 0.3) is 0 Å². The average molecular weight is 349 g/mol. The zero-order valence-corrected chi connectivity index (χ0v) is 15.3. The fourth-order valence-electron chi connectivity index (χ4n) is 3.51. The van der Waals surface area contributed by atoms with Gasteiger partial charge in [0.05, 0.1) is 11.0 Å². The average Bonchev–Trinajstić information content (AvgIpc) is 3.11. The Kier molecular flexibility index (Phi) is 3.54. The fraction of sp³-hybridized carbons (Fsp3) is 0.0833. The third kappa shape index (κ3) is 2.68. The van der Waals surface area contributed by atoms with Crippen LogP contribution in [0.15, 0.2) is 79.0 Å². The smallest absolute Gasteiger partial charge is 0.162 e. The molecule has 2 aromatic heterocycles. The number of aromatic nitrogens is 3. The van der Waals surface area contributed by atoms with Gasteiger partial charge in [-0.05, 0) is 49.1 Å². The molecule has 0 saturated heterocycles. The standard InChI is InChI=1S/C24H19N3/c1-16-7-10-19(11-8-16)23-25-21-15-17(2)9-12-20(21)24(26-23)27-14-13-18-5-3-4-6-22(18)27/h3-15H,1-2H3. The Labute approximate surface area is 157 Å². The van der Waals surface area contributed by atoms with Crippen LogP contribution in [-0.4, -0.2) is 14.5 Å². The SMILES string of the molecule is Cc1ccc(-c2nc(-n3ccc4ccccc43)c3ccc(C)cc3n2)cc1. The minimum absolute atomic E-state index is 0.751. The summed E-state index contributed by atoms with van der Waals surface area (Å²) >= 11 is 0. The van der Waals surface area contributed by atoms with Crippen LogP contribution in [-0.2, 0) is 0 Å². The van der Waals surface area contributed by atoms with E-state index in [-0.39, 0.29) is 0 Å². The predicted octanol–water partition coefficient (Wildman–Crippen LogP) is 5.86. The van der Waals surface area contributed by atoms with Crippen LogP contribution in [0, 0.1) is 13.8 Å². The first kappa shape index (κ1) is 15.8. The molecule has 0 spiro atoms. The van der Waals surface area contributed by atoms with E-state index >= 15 is 0 Å². The van der Waals surface area contributed by atoms with Crippen LogP contribution >= 0.6 is 0 Å². The van der Waals surface area contributed by atoms with Crippen molar-refractivity contribution in [2.75, 3.05) is 0 Å². The normalized spacial score (nSPS) is 11.3. The Morgan fingerprint density at radius 1 is 0.741 bits per heavy atom. The first-order chi connectivity index (χ1) is 13.2. The molecule has 3 heteroatoms. The highest BCUT2D eigenvalue weighted by molar-refractivity contribution is 5.91. The molecular formula is C24H19N3. The Morgan fingerprint density at radius 3 is 2.37 bits per heavy atom. The van der Waals surface area contributed by atoms with Gasteiger partial charge in [-0.2, -0.15) is 0 Å². The van der Waals surface area contributed by atoms with Crippen molar-refractivity contribution in [1.82, 2.24) is 14.5 Å². The molecule has 3 nitrogen and oxygen atoms in total. The fourth-order valence-corrected chi connectivity index (χ4v) is 3.51. The molecule has 0 saturated carbocycles. The number of benzene rings is 3.